The van der Waals surface area contributed by atoms with Crippen LogP contribution in [0.2, 0.25) is 0 Å². The van der Waals surface area contributed by atoms with Crippen LogP contribution < -0.4 is 0 Å². The summed E-state index contributed by atoms with van der Waals surface area (Å²) in [4.78, 5) is 0. The van der Waals surface area contributed by atoms with Gasteiger partial charge in [-0.05, 0) is 114 Å². The van der Waals surface area contributed by atoms with Crippen LogP contribution in [0.15, 0.2) is 0 Å². The second-order valence-electron chi connectivity index (χ2n) is 14.8. The summed E-state index contributed by atoms with van der Waals surface area (Å²) in [6.45, 7) is 23.0. The number of rotatable bonds is 5. The topological polar surface area (TPSA) is 0 Å². The van der Waals surface area contributed by atoms with E-state index in [-0.39, 0.29) is 15.8 Å². The third kappa shape index (κ3) is 4.86. The molecule has 0 spiro atoms. The van der Waals surface area contributed by atoms with Gasteiger partial charge in [0.15, 0.2) is 0 Å². The maximum atomic E-state index is 2.62. The van der Waals surface area contributed by atoms with E-state index < -0.39 is 0 Å². The van der Waals surface area contributed by atoms with Gasteiger partial charge < -0.3 is 0 Å². The van der Waals surface area contributed by atoms with Gasteiger partial charge in [0.1, 0.15) is 0 Å². The van der Waals surface area contributed by atoms with E-state index in [4.69, 9.17) is 0 Å². The molecule has 0 radical (unpaired) electrons. The van der Waals surface area contributed by atoms with Gasteiger partial charge in [-0.15, -0.1) is 0 Å². The lowest BCUT2D eigenvalue weighted by Crippen LogP contribution is -2.50. The highest BCUT2D eigenvalue weighted by molar-refractivity contribution is 7.61. The average Bonchev–Trinajstić information content (AvgIpc) is 2.52. The van der Waals surface area contributed by atoms with Crippen LogP contribution in [0.1, 0.15) is 107 Å². The first-order valence-electron chi connectivity index (χ1n) is 13.3. The van der Waals surface area contributed by atoms with E-state index in [1.165, 1.54) is 6.42 Å². The minimum Gasteiger partial charge on any atom is -0.0971 e. The molecule has 0 saturated heterocycles. The Morgan fingerprint density at radius 2 is 1.00 bits per heavy atom. The molecule has 174 valence electrons. The summed E-state index contributed by atoms with van der Waals surface area (Å²) in [5, 5.41) is 1.53. The lowest BCUT2D eigenvalue weighted by Gasteiger charge is -2.59. The van der Waals surface area contributed by atoms with Crippen molar-refractivity contribution in [2.45, 2.75) is 128 Å². The summed E-state index contributed by atoms with van der Waals surface area (Å²) >= 11 is 0. The zero-order chi connectivity index (χ0) is 22.1. The molecular weight excluding hydrogens is 398 g/mol. The van der Waals surface area contributed by atoms with Crippen LogP contribution in [0.4, 0.5) is 0 Å². The molecule has 0 N–H and O–H groups in total. The molecule has 0 amide bonds. The first-order valence-corrected chi connectivity index (χ1v) is 16.4. The molecule has 0 nitrogen and oxygen atoms in total. The molecule has 30 heavy (non-hydrogen) atoms. The Labute approximate surface area is 192 Å². The van der Waals surface area contributed by atoms with E-state index in [0.29, 0.717) is 15.5 Å². The van der Waals surface area contributed by atoms with Gasteiger partial charge in [-0.2, -0.15) is 0 Å². The van der Waals surface area contributed by atoms with Crippen LogP contribution in [0.5, 0.6) is 0 Å². The Hall–Kier alpha value is 0.860. The molecule has 5 aliphatic carbocycles. The largest absolute Gasteiger partial charge is 0.0971 e. The van der Waals surface area contributed by atoms with Crippen molar-refractivity contribution in [3.05, 3.63) is 0 Å². The van der Waals surface area contributed by atoms with Gasteiger partial charge in [0, 0.05) is 0 Å². The summed E-state index contributed by atoms with van der Waals surface area (Å²) in [7, 11) is 0.220. The van der Waals surface area contributed by atoms with Crippen LogP contribution in [0.25, 0.3) is 0 Å². The molecule has 5 saturated carbocycles. The Morgan fingerprint density at radius 3 is 1.37 bits per heavy atom. The number of hydrogen-bond donors (Lipinski definition) is 0. The van der Waals surface area contributed by atoms with Gasteiger partial charge in [-0.25, -0.2) is 0 Å². The van der Waals surface area contributed by atoms with Crippen molar-refractivity contribution in [3.63, 3.8) is 0 Å². The third-order valence-electron chi connectivity index (χ3n) is 9.44. The molecule has 2 heteroatoms. The third-order valence-corrected chi connectivity index (χ3v) is 17.7. The van der Waals surface area contributed by atoms with Crippen LogP contribution in [0, 0.1) is 35.5 Å². The Bertz CT molecular complexity index is 560. The first kappa shape index (κ1) is 24.0. The summed E-state index contributed by atoms with van der Waals surface area (Å²) in [5.41, 5.74) is 1.13. The molecule has 0 aliphatic heterocycles. The Kier molecular flexibility index (Phi) is 6.61. The van der Waals surface area contributed by atoms with Crippen LogP contribution >= 0.6 is 15.8 Å². The van der Waals surface area contributed by atoms with Crippen LogP contribution in [-0.2, 0) is 0 Å². The molecule has 0 aromatic heterocycles. The van der Waals surface area contributed by atoms with Gasteiger partial charge in [0.05, 0.1) is 0 Å². The molecular formula is C28H52P2. The molecule has 5 rings (SSSR count). The van der Waals surface area contributed by atoms with Crippen molar-refractivity contribution < 1.29 is 0 Å². The van der Waals surface area contributed by atoms with Gasteiger partial charge in [-0.3, -0.25) is 0 Å². The lowest BCUT2D eigenvalue weighted by molar-refractivity contribution is 0.0239. The van der Waals surface area contributed by atoms with Crippen LogP contribution in [-0.4, -0.2) is 33.5 Å². The van der Waals surface area contributed by atoms with E-state index in [1.807, 2.05) is 0 Å². The molecule has 0 heterocycles. The molecule has 3 atom stereocenters. The standard InChI is InChI=1S/C28H52P2/c1-26(2,3)29(25-23-13-19-12-20(15-23)16-24(25)14-19)17-21-10-11-22(21)18-30(27(4,5)6)28(7,8)9/h19-25H,10-18H2,1-9H3. The highest BCUT2D eigenvalue weighted by Gasteiger charge is 2.53. The van der Waals surface area contributed by atoms with Gasteiger partial charge in [-0.1, -0.05) is 78.2 Å². The minimum atomic E-state index is 0.0665. The van der Waals surface area contributed by atoms with E-state index in [0.717, 1.165) is 41.2 Å². The molecule has 3 unspecified atom stereocenters. The summed E-state index contributed by atoms with van der Waals surface area (Å²) in [5.74, 6) is 6.58. The van der Waals surface area contributed by atoms with Gasteiger partial charge >= 0.3 is 0 Å². The summed E-state index contributed by atoms with van der Waals surface area (Å²) in [6, 6.07) is 0. The minimum absolute atomic E-state index is 0.0665. The first-order chi connectivity index (χ1) is 13.7. The highest BCUT2D eigenvalue weighted by atomic mass is 31.1. The van der Waals surface area contributed by atoms with Gasteiger partial charge in [0.25, 0.3) is 0 Å². The normalized spacial score (nSPS) is 40.0. The monoisotopic (exact) mass is 450 g/mol. The smallest absolute Gasteiger partial charge is 0.0147 e. The quantitative estimate of drug-likeness (QED) is 0.366. The second-order valence-corrected chi connectivity index (χ2v) is 21.9. The zero-order valence-corrected chi connectivity index (χ0v) is 23.6. The predicted molar refractivity (Wildman–Crippen MR) is 140 cm³/mol. The number of hydrogen-bond acceptors (Lipinski definition) is 0. The zero-order valence-electron chi connectivity index (χ0n) is 21.8. The fourth-order valence-corrected chi connectivity index (χ4v) is 16.6. The van der Waals surface area contributed by atoms with E-state index in [2.05, 4.69) is 62.3 Å². The Morgan fingerprint density at radius 1 is 0.567 bits per heavy atom. The Balaban J connectivity index is 1.47. The van der Waals surface area contributed by atoms with Crippen molar-refractivity contribution in [1.82, 2.24) is 0 Å². The van der Waals surface area contributed by atoms with E-state index >= 15 is 0 Å². The fraction of sp³-hybridized carbons (Fsp3) is 1.00. The van der Waals surface area contributed by atoms with Gasteiger partial charge in [0.2, 0.25) is 0 Å². The molecule has 4 bridgehead atoms. The maximum absolute atomic E-state index is 2.62. The highest BCUT2D eigenvalue weighted by Crippen LogP contribution is 2.69. The average molecular weight is 451 g/mol. The van der Waals surface area contributed by atoms with Crippen molar-refractivity contribution in [3.8, 4) is 0 Å². The van der Waals surface area contributed by atoms with E-state index in [9.17, 15) is 0 Å². The lowest BCUT2D eigenvalue weighted by atomic mass is 9.56. The van der Waals surface area contributed by atoms with Crippen molar-refractivity contribution in [2.75, 3.05) is 12.3 Å². The summed E-state index contributed by atoms with van der Waals surface area (Å²) < 4.78 is 0. The van der Waals surface area contributed by atoms with Crippen LogP contribution in [0.3, 0.4) is 0 Å². The van der Waals surface area contributed by atoms with E-state index in [1.54, 1.807) is 50.8 Å². The maximum Gasteiger partial charge on any atom is -0.0147 e. The van der Waals surface area contributed by atoms with Crippen molar-refractivity contribution in [1.29, 1.82) is 0 Å². The van der Waals surface area contributed by atoms with Crippen molar-refractivity contribution >= 4 is 15.8 Å². The van der Waals surface area contributed by atoms with Crippen molar-refractivity contribution in [2.24, 2.45) is 35.5 Å². The molecule has 5 fully saturated rings. The second kappa shape index (κ2) is 8.26. The fourth-order valence-electron chi connectivity index (χ4n) is 8.41. The molecule has 0 aromatic carbocycles. The molecule has 0 aromatic rings. The SMILES string of the molecule is CC(C)(C)P(CC1CCC1CP(C(C)(C)C)C(C)(C)C)C1C2CC3CC(C2)CC1C3. The molecule has 5 aliphatic rings. The predicted octanol–water partition coefficient (Wildman–Crippen LogP) is 9.20. The summed E-state index contributed by atoms with van der Waals surface area (Å²) in [6.07, 6.45) is 14.3.